The van der Waals surface area contributed by atoms with Gasteiger partial charge in [-0.1, -0.05) is 17.7 Å². The van der Waals surface area contributed by atoms with Crippen molar-refractivity contribution in [1.29, 1.82) is 0 Å². The van der Waals surface area contributed by atoms with Gasteiger partial charge in [0.1, 0.15) is 0 Å². The number of hydrogen-bond donors (Lipinski definition) is 3. The zero-order valence-corrected chi connectivity index (χ0v) is 11.9. The smallest absolute Gasteiger partial charge is 0.336 e. The number of rotatable bonds is 3. The van der Waals surface area contributed by atoms with E-state index in [1.807, 2.05) is 0 Å². The van der Waals surface area contributed by atoms with Gasteiger partial charge < -0.3 is 16.2 Å². The average Bonchev–Trinajstić information content (AvgIpc) is 2.40. The molecule has 0 spiro atoms. The summed E-state index contributed by atoms with van der Waals surface area (Å²) in [5.41, 5.74) is 7.33. The van der Waals surface area contributed by atoms with Crippen LogP contribution in [0.4, 0.5) is 11.4 Å². The Labute approximate surface area is 126 Å². The molecule has 0 atom stereocenters. The van der Waals surface area contributed by atoms with E-state index in [0.29, 0.717) is 16.3 Å². The molecule has 0 saturated heterocycles. The summed E-state index contributed by atoms with van der Waals surface area (Å²) >= 11 is 5.79. The third-order valence-corrected chi connectivity index (χ3v) is 3.31. The number of nitrogens with two attached hydrogens (primary N) is 1. The number of halogens is 1. The second-order valence-corrected chi connectivity index (χ2v) is 4.91. The van der Waals surface area contributed by atoms with Crippen molar-refractivity contribution < 1.29 is 14.7 Å². The van der Waals surface area contributed by atoms with Gasteiger partial charge in [0.25, 0.3) is 5.91 Å². The van der Waals surface area contributed by atoms with Crippen molar-refractivity contribution in [3.63, 3.8) is 0 Å². The highest BCUT2D eigenvalue weighted by atomic mass is 35.5. The predicted molar refractivity (Wildman–Crippen MR) is 82.0 cm³/mol. The first kappa shape index (κ1) is 14.9. The lowest BCUT2D eigenvalue weighted by Gasteiger charge is -2.11. The molecular formula is C15H13ClN2O3. The van der Waals surface area contributed by atoms with Crippen LogP contribution in [0.15, 0.2) is 36.4 Å². The van der Waals surface area contributed by atoms with Crippen LogP contribution in [-0.2, 0) is 0 Å². The number of hydrogen-bond acceptors (Lipinski definition) is 3. The lowest BCUT2D eigenvalue weighted by Crippen LogP contribution is -2.15. The molecule has 0 unspecified atom stereocenters. The maximum absolute atomic E-state index is 12.2. The highest BCUT2D eigenvalue weighted by Gasteiger charge is 2.14. The van der Waals surface area contributed by atoms with Crippen molar-refractivity contribution in [2.45, 2.75) is 6.92 Å². The van der Waals surface area contributed by atoms with Crippen molar-refractivity contribution >= 4 is 34.9 Å². The Bertz CT molecular complexity index is 729. The van der Waals surface area contributed by atoms with E-state index in [9.17, 15) is 9.59 Å². The Balaban J connectivity index is 2.32. The Kier molecular flexibility index (Phi) is 4.14. The summed E-state index contributed by atoms with van der Waals surface area (Å²) in [5.74, 6) is -1.47. The van der Waals surface area contributed by atoms with E-state index in [4.69, 9.17) is 22.4 Å². The lowest BCUT2D eigenvalue weighted by molar-refractivity contribution is 0.0695. The van der Waals surface area contributed by atoms with Gasteiger partial charge in [-0.15, -0.1) is 0 Å². The van der Waals surface area contributed by atoms with Gasteiger partial charge in [0, 0.05) is 16.4 Å². The summed E-state index contributed by atoms with van der Waals surface area (Å²) in [6, 6.07) is 9.24. The van der Waals surface area contributed by atoms with E-state index in [-0.39, 0.29) is 16.8 Å². The molecule has 1 amide bonds. The summed E-state index contributed by atoms with van der Waals surface area (Å²) in [5, 5.41) is 12.2. The second kappa shape index (κ2) is 5.85. The molecule has 0 aliphatic heterocycles. The monoisotopic (exact) mass is 304 g/mol. The molecule has 0 radical (unpaired) electrons. The van der Waals surface area contributed by atoms with Gasteiger partial charge in [-0.25, -0.2) is 4.79 Å². The highest BCUT2D eigenvalue weighted by Crippen LogP contribution is 2.22. The summed E-state index contributed by atoms with van der Waals surface area (Å²) in [6.07, 6.45) is 0. The molecule has 0 saturated carbocycles. The normalized spacial score (nSPS) is 10.2. The molecule has 21 heavy (non-hydrogen) atoms. The minimum atomic E-state index is -1.05. The lowest BCUT2D eigenvalue weighted by atomic mass is 10.1. The minimum absolute atomic E-state index is 0.136. The van der Waals surface area contributed by atoms with Crippen LogP contribution in [0, 0.1) is 6.92 Å². The molecule has 0 aliphatic rings. The van der Waals surface area contributed by atoms with Crippen LogP contribution in [-0.4, -0.2) is 17.0 Å². The van der Waals surface area contributed by atoms with Crippen molar-refractivity contribution in [3.05, 3.63) is 58.1 Å². The average molecular weight is 305 g/mol. The van der Waals surface area contributed by atoms with E-state index in [1.165, 1.54) is 18.2 Å². The predicted octanol–water partition coefficient (Wildman–Crippen LogP) is 3.18. The number of carbonyl (C=O) groups excluding carboxylic acids is 1. The van der Waals surface area contributed by atoms with E-state index in [1.54, 1.807) is 25.1 Å². The fourth-order valence-corrected chi connectivity index (χ4v) is 2.11. The number of nitrogens with one attached hydrogen (secondary N) is 1. The third-order valence-electron chi connectivity index (χ3n) is 3.07. The molecule has 2 rings (SSSR count). The zero-order valence-electron chi connectivity index (χ0n) is 11.2. The molecule has 4 N–H and O–H groups in total. The number of nitrogen functional groups attached to an aromatic ring is 1. The maximum atomic E-state index is 12.2. The molecule has 0 heterocycles. The van der Waals surface area contributed by atoms with E-state index >= 15 is 0 Å². The first-order valence-electron chi connectivity index (χ1n) is 6.09. The second-order valence-electron chi connectivity index (χ2n) is 4.47. The number of carbonyl (C=O) groups is 2. The summed E-state index contributed by atoms with van der Waals surface area (Å²) in [4.78, 5) is 23.3. The van der Waals surface area contributed by atoms with E-state index in [0.717, 1.165) is 0 Å². The van der Waals surface area contributed by atoms with Crippen LogP contribution in [0.1, 0.15) is 26.3 Å². The van der Waals surface area contributed by atoms with Gasteiger partial charge in [0.15, 0.2) is 0 Å². The quantitative estimate of drug-likeness (QED) is 0.759. The van der Waals surface area contributed by atoms with Crippen molar-refractivity contribution in [2.24, 2.45) is 0 Å². The summed E-state index contributed by atoms with van der Waals surface area (Å²) in [6.45, 7) is 1.63. The molecule has 2 aromatic carbocycles. The maximum Gasteiger partial charge on any atom is 0.336 e. The SMILES string of the molecule is Cc1c(NC(=O)c2ccc(Cl)cc2N)cccc1C(=O)O. The van der Waals surface area contributed by atoms with Gasteiger partial charge in [-0.2, -0.15) is 0 Å². The zero-order chi connectivity index (χ0) is 15.6. The van der Waals surface area contributed by atoms with Gasteiger partial charge in [-0.05, 0) is 42.8 Å². The molecule has 5 nitrogen and oxygen atoms in total. The summed E-state index contributed by atoms with van der Waals surface area (Å²) in [7, 11) is 0. The molecule has 0 bridgehead atoms. The number of benzene rings is 2. The van der Waals surface area contributed by atoms with Crippen LogP contribution >= 0.6 is 11.6 Å². The molecule has 0 aromatic heterocycles. The topological polar surface area (TPSA) is 92.4 Å². The standard InChI is InChI=1S/C15H13ClN2O3/c1-8-10(15(20)21)3-2-4-13(8)18-14(19)11-6-5-9(16)7-12(11)17/h2-7H,17H2,1H3,(H,18,19)(H,20,21). The van der Waals surface area contributed by atoms with Crippen molar-refractivity contribution in [3.8, 4) is 0 Å². The summed E-state index contributed by atoms with van der Waals surface area (Å²) < 4.78 is 0. The van der Waals surface area contributed by atoms with Gasteiger partial charge >= 0.3 is 5.97 Å². The molecular weight excluding hydrogens is 292 g/mol. The Morgan fingerprint density at radius 2 is 1.90 bits per heavy atom. The van der Waals surface area contributed by atoms with Crippen LogP contribution in [0.2, 0.25) is 5.02 Å². The molecule has 2 aromatic rings. The van der Waals surface area contributed by atoms with Crippen LogP contribution in [0.5, 0.6) is 0 Å². The van der Waals surface area contributed by atoms with Gasteiger partial charge in [-0.3, -0.25) is 4.79 Å². The Morgan fingerprint density at radius 1 is 1.19 bits per heavy atom. The number of anilines is 2. The Hall–Kier alpha value is -2.53. The highest BCUT2D eigenvalue weighted by molar-refractivity contribution is 6.31. The fraction of sp³-hybridized carbons (Fsp3) is 0.0667. The number of carboxylic acid groups (broad SMARTS) is 1. The molecule has 0 aliphatic carbocycles. The van der Waals surface area contributed by atoms with E-state index < -0.39 is 11.9 Å². The first-order valence-corrected chi connectivity index (χ1v) is 6.47. The number of amides is 1. The largest absolute Gasteiger partial charge is 0.478 e. The first-order chi connectivity index (χ1) is 9.90. The number of carboxylic acids is 1. The molecule has 0 fully saturated rings. The number of aromatic carboxylic acids is 1. The van der Waals surface area contributed by atoms with E-state index in [2.05, 4.69) is 5.32 Å². The Morgan fingerprint density at radius 3 is 2.52 bits per heavy atom. The van der Waals surface area contributed by atoms with Crippen LogP contribution < -0.4 is 11.1 Å². The van der Waals surface area contributed by atoms with Gasteiger partial charge in [0.05, 0.1) is 11.1 Å². The van der Waals surface area contributed by atoms with Crippen molar-refractivity contribution in [2.75, 3.05) is 11.1 Å². The van der Waals surface area contributed by atoms with Crippen molar-refractivity contribution in [1.82, 2.24) is 0 Å². The molecule has 108 valence electrons. The molecule has 6 heteroatoms. The van der Waals surface area contributed by atoms with Crippen LogP contribution in [0.25, 0.3) is 0 Å². The van der Waals surface area contributed by atoms with Crippen LogP contribution in [0.3, 0.4) is 0 Å². The third kappa shape index (κ3) is 3.14. The van der Waals surface area contributed by atoms with Gasteiger partial charge in [0.2, 0.25) is 0 Å². The minimum Gasteiger partial charge on any atom is -0.478 e. The fourth-order valence-electron chi connectivity index (χ4n) is 1.93.